The van der Waals surface area contributed by atoms with Gasteiger partial charge in [0, 0.05) is 0 Å². The van der Waals surface area contributed by atoms with Crippen molar-refractivity contribution in [3.63, 3.8) is 0 Å². The summed E-state index contributed by atoms with van der Waals surface area (Å²) in [5.74, 6) is 0. The third-order valence-corrected chi connectivity index (χ3v) is 4.93. The molecule has 93 valence electrons. The second-order valence-electron chi connectivity index (χ2n) is 3.42. The maximum absolute atomic E-state index is 4.49. The molecule has 0 aliphatic carbocycles. The number of hydrogen-bond acceptors (Lipinski definition) is 0. The van der Waals surface area contributed by atoms with Gasteiger partial charge in [0.1, 0.15) is 0 Å². The predicted molar refractivity (Wildman–Crippen MR) is 75.5 cm³/mol. The van der Waals surface area contributed by atoms with Gasteiger partial charge in [-0.25, -0.2) is 0 Å². The average molecular weight is 356 g/mol. The number of halogens is 1. The van der Waals surface area contributed by atoms with E-state index in [0.29, 0.717) is 0 Å². The molecule has 0 radical (unpaired) electrons. The minimum absolute atomic E-state index is 0.149. The number of hydrogen-bond donors (Lipinski definition) is 0. The fourth-order valence-corrected chi connectivity index (χ4v) is 3.82. The van der Waals surface area contributed by atoms with E-state index in [0.717, 1.165) is 0 Å². The number of rotatable bonds is 3. The Morgan fingerprint density at radius 1 is 0.824 bits per heavy atom. The van der Waals surface area contributed by atoms with E-state index in [1.165, 1.54) is 16.8 Å². The van der Waals surface area contributed by atoms with Crippen LogP contribution in [0.15, 0.2) is 60.7 Å². The fraction of sp³-hybridized carbons (Fsp3) is 0.143. The molecule has 0 aliphatic heterocycles. The normalized spacial score (nSPS) is 9.71. The van der Waals surface area contributed by atoms with Gasteiger partial charge in [0.05, 0.1) is 0 Å². The second kappa shape index (κ2) is 8.85. The van der Waals surface area contributed by atoms with Crippen LogP contribution in [0.25, 0.3) is 0 Å². The standard InChI is InChI=1S/C14H15P.ClH.Pd/c1-2-15(13-9-5-3-6-10-13)14-11-7-4-8-12-14;;/h3-12H,2H2,1H3;1H;/q;;+1/p-1. The van der Waals surface area contributed by atoms with Crippen LogP contribution < -0.4 is 10.6 Å². The van der Waals surface area contributed by atoms with E-state index in [4.69, 9.17) is 0 Å². The third-order valence-electron chi connectivity index (χ3n) is 2.45. The van der Waals surface area contributed by atoms with E-state index < -0.39 is 0 Å². The molecule has 3 heteroatoms. The van der Waals surface area contributed by atoms with E-state index in [1.807, 2.05) is 0 Å². The molecule has 0 N–H and O–H groups in total. The van der Waals surface area contributed by atoms with E-state index in [-0.39, 0.29) is 7.92 Å². The topological polar surface area (TPSA) is 0 Å². The van der Waals surface area contributed by atoms with E-state index in [9.17, 15) is 0 Å². The maximum atomic E-state index is 4.49. The summed E-state index contributed by atoms with van der Waals surface area (Å²) in [6.07, 6.45) is 1.21. The Kier molecular flexibility index (Phi) is 7.74. The summed E-state index contributed by atoms with van der Waals surface area (Å²) < 4.78 is 0. The minimum atomic E-state index is -0.149. The van der Waals surface area contributed by atoms with Crippen molar-refractivity contribution in [1.82, 2.24) is 0 Å². The predicted octanol–water partition coefficient (Wildman–Crippen LogP) is 3.83. The molecule has 2 aromatic carbocycles. The first-order valence-electron chi connectivity index (χ1n) is 5.41. The summed E-state index contributed by atoms with van der Waals surface area (Å²) in [5, 5.41) is 2.95. The Hall–Kier alpha value is -0.178. The monoisotopic (exact) mass is 355 g/mol. The molecule has 0 bridgehead atoms. The van der Waals surface area contributed by atoms with Crippen LogP contribution in [0.5, 0.6) is 0 Å². The van der Waals surface area contributed by atoms with Crippen LogP contribution >= 0.6 is 17.5 Å². The van der Waals surface area contributed by atoms with Gasteiger partial charge >= 0.3 is 27.7 Å². The van der Waals surface area contributed by atoms with Gasteiger partial charge < -0.3 is 0 Å². The second-order valence-corrected chi connectivity index (χ2v) is 5.94. The first-order chi connectivity index (χ1) is 8.42. The van der Waals surface area contributed by atoms with Crippen LogP contribution in [-0.4, -0.2) is 6.16 Å². The zero-order chi connectivity index (χ0) is 12.5. The van der Waals surface area contributed by atoms with Gasteiger partial charge in [-0.05, 0) is 24.7 Å². The Bertz CT molecular complexity index is 366. The van der Waals surface area contributed by atoms with Crippen LogP contribution in [0.4, 0.5) is 0 Å². The zero-order valence-electron chi connectivity index (χ0n) is 9.62. The summed E-state index contributed by atoms with van der Waals surface area (Å²) in [4.78, 5) is 0. The van der Waals surface area contributed by atoms with Crippen LogP contribution in [-0.2, 0) is 18.2 Å². The van der Waals surface area contributed by atoms with Gasteiger partial charge in [-0.2, -0.15) is 0 Å². The van der Waals surface area contributed by atoms with Crippen molar-refractivity contribution in [1.29, 1.82) is 0 Å². The zero-order valence-corrected chi connectivity index (χ0v) is 12.8. The molecule has 0 nitrogen and oxygen atoms in total. The van der Waals surface area contributed by atoms with Crippen LogP contribution in [0.1, 0.15) is 6.92 Å². The van der Waals surface area contributed by atoms with Crippen molar-refractivity contribution in [3.05, 3.63) is 60.7 Å². The quantitative estimate of drug-likeness (QED) is 0.579. The summed E-state index contributed by atoms with van der Waals surface area (Å²) in [7, 11) is 4.34. The molecule has 2 aromatic rings. The van der Waals surface area contributed by atoms with Gasteiger partial charge in [0.15, 0.2) is 0 Å². The van der Waals surface area contributed by atoms with Gasteiger partial charge in [-0.3, -0.25) is 0 Å². The van der Waals surface area contributed by atoms with Crippen LogP contribution in [0.2, 0.25) is 0 Å². The van der Waals surface area contributed by atoms with Gasteiger partial charge in [0.2, 0.25) is 0 Å². The van der Waals surface area contributed by atoms with E-state index in [2.05, 4.69) is 95.3 Å². The molecular formula is C14H15ClPPd. The molecule has 0 heterocycles. The molecule has 0 fully saturated rings. The molecule has 0 amide bonds. The van der Waals surface area contributed by atoms with Gasteiger partial charge in [-0.1, -0.05) is 67.6 Å². The molecule has 0 spiro atoms. The number of benzene rings is 2. The average Bonchev–Trinajstić information content (AvgIpc) is 2.44. The molecule has 0 aromatic heterocycles. The molecule has 0 unspecified atom stereocenters. The van der Waals surface area contributed by atoms with Crippen LogP contribution in [0, 0.1) is 0 Å². The van der Waals surface area contributed by atoms with Crippen molar-refractivity contribution in [2.45, 2.75) is 6.92 Å². The SMILES string of the molecule is CCP(c1ccccc1)c1ccccc1.[Cl][Pd]. The van der Waals surface area contributed by atoms with Crippen molar-refractivity contribution in [2.75, 3.05) is 6.16 Å². The molecule has 2 rings (SSSR count). The Morgan fingerprint density at radius 2 is 1.18 bits per heavy atom. The van der Waals surface area contributed by atoms with Gasteiger partial charge in [-0.15, -0.1) is 0 Å². The summed E-state index contributed by atoms with van der Waals surface area (Å²) in [5.41, 5.74) is 0. The molecule has 0 atom stereocenters. The molecule has 0 saturated carbocycles. The van der Waals surface area contributed by atoms with Crippen molar-refractivity contribution in [3.8, 4) is 0 Å². The van der Waals surface area contributed by atoms with Crippen molar-refractivity contribution >= 4 is 28.1 Å². The molecular weight excluding hydrogens is 341 g/mol. The Labute approximate surface area is 120 Å². The summed E-state index contributed by atoms with van der Waals surface area (Å²) in [6.45, 7) is 2.27. The van der Waals surface area contributed by atoms with E-state index in [1.54, 1.807) is 0 Å². The first kappa shape index (κ1) is 14.9. The fourth-order valence-electron chi connectivity index (χ4n) is 1.73. The Balaban J connectivity index is 0.000000686. The molecule has 17 heavy (non-hydrogen) atoms. The molecule has 0 aliphatic rings. The van der Waals surface area contributed by atoms with E-state index >= 15 is 0 Å². The third kappa shape index (κ3) is 4.53. The van der Waals surface area contributed by atoms with Crippen molar-refractivity contribution < 1.29 is 18.2 Å². The summed E-state index contributed by atoms with van der Waals surface area (Å²) in [6, 6.07) is 21.6. The van der Waals surface area contributed by atoms with Crippen molar-refractivity contribution in [2.24, 2.45) is 0 Å². The van der Waals surface area contributed by atoms with Gasteiger partial charge in [0.25, 0.3) is 0 Å². The summed E-state index contributed by atoms with van der Waals surface area (Å²) >= 11 is 2.22. The molecule has 0 saturated heterocycles. The first-order valence-corrected chi connectivity index (χ1v) is 8.94. The van der Waals surface area contributed by atoms with Crippen LogP contribution in [0.3, 0.4) is 0 Å². The Morgan fingerprint density at radius 3 is 1.47 bits per heavy atom.